The van der Waals surface area contributed by atoms with Crippen LogP contribution in [-0.4, -0.2) is 209 Å². The molecular weight excluding hydrogens is 1430 g/mol. The third kappa shape index (κ3) is 34.9. The molecule has 16 amide bonds. The highest BCUT2D eigenvalue weighted by Crippen LogP contribution is 2.23. The maximum Gasteiger partial charge on any atom is 0.246 e. The Morgan fingerprint density at radius 3 is 1.07 bits per heavy atom. The van der Waals surface area contributed by atoms with Crippen molar-refractivity contribution in [1.82, 2.24) is 78.9 Å². The van der Waals surface area contributed by atoms with Crippen molar-refractivity contribution < 1.29 is 76.7 Å². The van der Waals surface area contributed by atoms with E-state index in [4.69, 9.17) is 5.73 Å². The predicted octanol–water partition coefficient (Wildman–Crippen LogP) is 1.85. The van der Waals surface area contributed by atoms with Gasteiger partial charge < -0.3 is 84.7 Å². The molecule has 2 aliphatic heterocycles. The van der Waals surface area contributed by atoms with Crippen LogP contribution in [0.3, 0.4) is 0 Å². The Hall–Kier alpha value is -9.26. The van der Waals surface area contributed by atoms with Crippen LogP contribution in [0, 0.1) is 59.2 Å². The molecule has 0 spiro atoms. The second-order valence-electron chi connectivity index (χ2n) is 33.1. The lowest BCUT2D eigenvalue weighted by molar-refractivity contribution is -0.142. The zero-order valence-corrected chi connectivity index (χ0v) is 69.7. The number of nitrogens with one attached hydrogen (secondary N) is 13. The maximum atomic E-state index is 14.2. The fraction of sp³-hybridized carbons (Fsp3) is 0.722. The zero-order valence-electron chi connectivity index (χ0n) is 69.7. The van der Waals surface area contributed by atoms with Crippen molar-refractivity contribution in [1.29, 1.82) is 0 Å². The van der Waals surface area contributed by atoms with Crippen molar-refractivity contribution in [2.75, 3.05) is 26.2 Å². The molecule has 2 fully saturated rings. The first-order valence-corrected chi connectivity index (χ1v) is 39.4. The normalized spacial score (nSPS) is 17.6. The Bertz CT molecular complexity index is 3290. The molecular formula is C79H134N16O16. The molecule has 2 saturated heterocycles. The molecule has 0 radical (unpaired) electrons. The third-order valence-electron chi connectivity index (χ3n) is 18.8. The van der Waals surface area contributed by atoms with Crippen LogP contribution in [0.1, 0.15) is 204 Å². The summed E-state index contributed by atoms with van der Waals surface area (Å²) in [5.74, 6) is -11.7. The van der Waals surface area contributed by atoms with Gasteiger partial charge in [0.25, 0.3) is 0 Å². The molecule has 32 nitrogen and oxygen atoms in total. The van der Waals surface area contributed by atoms with Gasteiger partial charge in [0.15, 0.2) is 0 Å². The highest BCUT2D eigenvalue weighted by atomic mass is 16.2. The molecule has 0 aromatic rings. The average Bonchev–Trinajstić information content (AvgIpc) is 1.72. The van der Waals surface area contributed by atoms with Crippen LogP contribution in [0.25, 0.3) is 0 Å². The van der Waals surface area contributed by atoms with E-state index < -0.39 is 198 Å². The number of hydrogen-bond acceptors (Lipinski definition) is 16. The molecule has 111 heavy (non-hydrogen) atoms. The van der Waals surface area contributed by atoms with Gasteiger partial charge in [-0.05, 0) is 117 Å². The molecule has 0 saturated carbocycles. The maximum absolute atomic E-state index is 14.2. The first kappa shape index (κ1) is 97.8. The fourth-order valence-corrected chi connectivity index (χ4v) is 12.9. The Labute approximate surface area is 657 Å². The minimum atomic E-state index is -1.18. The Morgan fingerprint density at radius 2 is 0.703 bits per heavy atom. The lowest BCUT2D eigenvalue weighted by Gasteiger charge is -2.30. The molecule has 13 atom stereocenters. The summed E-state index contributed by atoms with van der Waals surface area (Å²) in [4.78, 5) is 218. The molecule has 15 N–H and O–H groups in total. The highest BCUT2D eigenvalue weighted by Gasteiger charge is 2.41. The Kier molecular flexibility index (Phi) is 42.2. The van der Waals surface area contributed by atoms with Crippen LogP contribution in [0.4, 0.5) is 0 Å². The number of carbonyl (C=O) groups is 16. The van der Waals surface area contributed by atoms with Gasteiger partial charge in [0.1, 0.15) is 60.4 Å². The summed E-state index contributed by atoms with van der Waals surface area (Å²) >= 11 is 0. The molecule has 0 aromatic carbocycles. The summed E-state index contributed by atoms with van der Waals surface area (Å²) in [6.45, 7) is 38.2. The van der Waals surface area contributed by atoms with Crippen molar-refractivity contribution in [3.05, 3.63) is 36.5 Å². The summed E-state index contributed by atoms with van der Waals surface area (Å²) in [5.41, 5.74) is 5.46. The number of hydrogen-bond donors (Lipinski definition) is 14. The topological polar surface area (TPSA) is 462 Å². The van der Waals surface area contributed by atoms with E-state index in [0.29, 0.717) is 25.7 Å². The minimum absolute atomic E-state index is 0.0736. The number of primary amides is 1. The van der Waals surface area contributed by atoms with Gasteiger partial charge in [0, 0.05) is 56.4 Å². The monoisotopic (exact) mass is 1560 g/mol. The van der Waals surface area contributed by atoms with E-state index in [9.17, 15) is 76.7 Å². The summed E-state index contributed by atoms with van der Waals surface area (Å²) in [6.07, 6.45) is 10.8. The van der Waals surface area contributed by atoms with Crippen molar-refractivity contribution in [3.8, 4) is 0 Å². The van der Waals surface area contributed by atoms with Crippen LogP contribution >= 0.6 is 0 Å². The van der Waals surface area contributed by atoms with Gasteiger partial charge >= 0.3 is 0 Å². The Morgan fingerprint density at radius 1 is 0.360 bits per heavy atom. The van der Waals surface area contributed by atoms with Crippen molar-refractivity contribution >= 4 is 94.5 Å². The number of amides is 16. The lowest BCUT2D eigenvalue weighted by atomic mass is 9.98. The van der Waals surface area contributed by atoms with E-state index >= 15 is 0 Å². The second kappa shape index (κ2) is 47.8. The number of likely N-dealkylation sites (tertiary alicyclic amines) is 2. The molecule has 0 unspecified atom stereocenters. The second-order valence-corrected chi connectivity index (χ2v) is 33.1. The van der Waals surface area contributed by atoms with E-state index in [1.54, 1.807) is 89.2 Å². The van der Waals surface area contributed by atoms with E-state index in [2.05, 4.69) is 69.1 Å². The zero-order chi connectivity index (χ0) is 84.6. The minimum Gasteiger partial charge on any atom is -0.368 e. The molecule has 626 valence electrons. The standard InChI is InChI=1S/C79H134N16O16/c1-41(2)35-53(85-76(108)66(47(13)14)84-52(22)96)28-31-61(98)92-69(50(19)20)79(111)95-34-24-26-59(95)74(106)82-39-63(100)87-56(37-43(5)6)71(103)89-55(45(9)10)29-32-62(99)91-67(48(15)16)75(107)83-51(21)78(110)94-33-23-25-58(94)73(105)81-40-64(101)88-57(38-44(7)8)72(104)93-68(49(17)18)77(109)86-54(36-42(3)4)27-30-60(97)90-65(46(11)12)70(80)102/h27-32,41-51,53-59,65-69H,23-26,33-40H2,1-22H3,(H2,80,102)(H,81,105)(H,82,106)(H,83,107)(H,84,96)(H,85,108)(H,86,109)(H,87,100)(H,88,101)(H,89,103)(H,90,97)(H,91,99)(H,92,98)(H,93,104)/b30-27+,31-28+,32-29+/t51-,53+,54+,55+,56-,57-,58+,59+,65-,66-,67-,68-,69-/m0/s1. The van der Waals surface area contributed by atoms with Gasteiger partial charge in [0.05, 0.1) is 13.1 Å². The van der Waals surface area contributed by atoms with Gasteiger partial charge in [-0.2, -0.15) is 0 Å². The molecule has 0 aliphatic carbocycles. The van der Waals surface area contributed by atoms with Crippen LogP contribution in [0.15, 0.2) is 36.5 Å². The van der Waals surface area contributed by atoms with Crippen molar-refractivity contribution in [2.24, 2.45) is 64.9 Å². The quantitative estimate of drug-likeness (QED) is 0.0387. The van der Waals surface area contributed by atoms with E-state index in [1.807, 2.05) is 55.4 Å². The summed E-state index contributed by atoms with van der Waals surface area (Å²) < 4.78 is 0. The number of rotatable bonds is 45. The Balaban J connectivity index is 2.11. The molecule has 0 bridgehead atoms. The summed E-state index contributed by atoms with van der Waals surface area (Å²) in [7, 11) is 0. The van der Waals surface area contributed by atoms with E-state index in [0.717, 1.165) is 0 Å². The van der Waals surface area contributed by atoms with Gasteiger partial charge in [-0.3, -0.25) is 76.7 Å². The first-order chi connectivity index (χ1) is 51.6. The van der Waals surface area contributed by atoms with Crippen LogP contribution < -0.4 is 74.9 Å². The van der Waals surface area contributed by atoms with Gasteiger partial charge in [-0.15, -0.1) is 0 Å². The summed E-state index contributed by atoms with van der Waals surface area (Å²) in [5, 5.41) is 35.4. The van der Waals surface area contributed by atoms with Crippen LogP contribution in [0.5, 0.6) is 0 Å². The van der Waals surface area contributed by atoms with Gasteiger partial charge in [-0.25, -0.2) is 0 Å². The smallest absolute Gasteiger partial charge is 0.246 e. The largest absolute Gasteiger partial charge is 0.368 e. The van der Waals surface area contributed by atoms with Crippen molar-refractivity contribution in [2.45, 2.75) is 282 Å². The highest BCUT2D eigenvalue weighted by molar-refractivity contribution is 6.00. The first-order valence-electron chi connectivity index (χ1n) is 39.4. The number of carbonyl (C=O) groups excluding carboxylic acids is 16. The van der Waals surface area contributed by atoms with Crippen LogP contribution in [-0.2, 0) is 76.7 Å². The lowest BCUT2D eigenvalue weighted by Crippen LogP contribution is -2.58. The molecule has 32 heteroatoms. The molecule has 2 heterocycles. The SMILES string of the molecule is CC(=O)N[C@H](C(=O)N[C@H](/C=C/C(=O)N[C@H](C(=O)N1CCC[C@@H]1C(=O)NCC(=O)N[C@@H](CC(C)C)C(=O)N[C@H](/C=C/C(=O)N[C@H](C(=O)N[C@@H](C)C(=O)N1CCC[C@@H]1C(=O)NCC(=O)N[C@@H](CC(C)C)C(=O)N[C@H](C(=O)N[C@H](/C=C/C(=O)N[C@H](C(N)=O)C(C)C)CC(C)C)C(C)C)C(C)C)C(C)C)C(C)C)CC(C)C)C(C)C. The van der Waals surface area contributed by atoms with Crippen LogP contribution in [0.2, 0.25) is 0 Å². The van der Waals surface area contributed by atoms with Gasteiger partial charge in [0.2, 0.25) is 94.5 Å². The number of nitrogens with zero attached hydrogens (tertiary/aromatic N) is 2. The predicted molar refractivity (Wildman–Crippen MR) is 422 cm³/mol. The van der Waals surface area contributed by atoms with E-state index in [1.165, 1.54) is 54.0 Å². The molecule has 2 aliphatic rings. The van der Waals surface area contributed by atoms with E-state index in [-0.39, 0.29) is 86.1 Å². The van der Waals surface area contributed by atoms with Crippen molar-refractivity contribution in [3.63, 3.8) is 0 Å². The van der Waals surface area contributed by atoms with Gasteiger partial charge in [-0.1, -0.05) is 157 Å². The third-order valence-corrected chi connectivity index (χ3v) is 18.8. The molecule has 2 rings (SSSR count). The summed E-state index contributed by atoms with van der Waals surface area (Å²) in [6, 6.07) is -12.3. The number of nitrogens with two attached hydrogens (primary N) is 1. The average molecular weight is 1560 g/mol. The molecule has 0 aromatic heterocycles. The fourth-order valence-electron chi connectivity index (χ4n) is 12.9.